The molecule has 2 saturated heterocycles. The fourth-order valence-corrected chi connectivity index (χ4v) is 6.32. The summed E-state index contributed by atoms with van der Waals surface area (Å²) in [6.45, 7) is 0.679. The van der Waals surface area contributed by atoms with Crippen LogP contribution in [0.3, 0.4) is 0 Å². The van der Waals surface area contributed by atoms with Crippen LogP contribution in [0.5, 0.6) is 11.5 Å². The fraction of sp³-hybridized carbons (Fsp3) is 0.600. The molecule has 1 aliphatic carbocycles. The van der Waals surface area contributed by atoms with Gasteiger partial charge in [-0.2, -0.15) is 0 Å². The maximum atomic E-state index is 13.4. The van der Waals surface area contributed by atoms with E-state index in [1.807, 2.05) is 12.1 Å². The Morgan fingerprint density at radius 2 is 2.07 bits per heavy atom. The molecule has 0 radical (unpaired) electrons. The molecule has 28 heavy (non-hydrogen) atoms. The molecule has 1 aromatic carbocycles. The molecule has 0 unspecified atom stereocenters. The van der Waals surface area contributed by atoms with Crippen molar-refractivity contribution in [2.75, 3.05) is 20.4 Å². The van der Waals surface area contributed by atoms with Gasteiger partial charge in [-0.05, 0) is 42.5 Å². The Bertz CT molecular complexity index is 931. The van der Waals surface area contributed by atoms with Gasteiger partial charge in [-0.3, -0.25) is 9.59 Å². The maximum Gasteiger partial charge on any atom is 0.318 e. The van der Waals surface area contributed by atoms with Crippen molar-refractivity contribution in [2.45, 2.75) is 49.5 Å². The van der Waals surface area contributed by atoms with Crippen LogP contribution in [0.4, 0.5) is 0 Å². The second-order valence-electron chi connectivity index (χ2n) is 8.40. The van der Waals surface area contributed by atoms with E-state index >= 15 is 0 Å². The van der Waals surface area contributed by atoms with Crippen molar-refractivity contribution in [3.8, 4) is 11.5 Å². The standard InChI is InChI=1S/C20H21NO7/c1-25-17(23)19-9-18(24)4-5-20(19)12-8-14-13(26-10-27-14)7-11(12)3-2-6-21(20)16(22)15(19)28-18/h7-8,15,24H,2-6,9-10H2,1H3/t15-,18+,19-,20+/m0/s1. The molecule has 5 aliphatic rings. The number of aliphatic hydroxyl groups is 1. The summed E-state index contributed by atoms with van der Waals surface area (Å²) >= 11 is 0. The van der Waals surface area contributed by atoms with Gasteiger partial charge in [0.25, 0.3) is 5.91 Å². The summed E-state index contributed by atoms with van der Waals surface area (Å²) in [6.07, 6.45) is 1.32. The number of ether oxygens (including phenoxy) is 4. The molecule has 3 fully saturated rings. The average molecular weight is 387 g/mol. The summed E-state index contributed by atoms with van der Waals surface area (Å²) in [5.41, 5.74) is -0.264. The number of hydrogen-bond acceptors (Lipinski definition) is 7. The van der Waals surface area contributed by atoms with Crippen LogP contribution in [0.1, 0.15) is 36.8 Å². The van der Waals surface area contributed by atoms with Crippen LogP contribution in [0.25, 0.3) is 0 Å². The summed E-state index contributed by atoms with van der Waals surface area (Å²) in [5.74, 6) is -0.924. The van der Waals surface area contributed by atoms with Crippen LogP contribution in [0, 0.1) is 5.41 Å². The second kappa shape index (κ2) is 4.99. The topological polar surface area (TPSA) is 94.5 Å². The van der Waals surface area contributed by atoms with Gasteiger partial charge in [0.1, 0.15) is 5.41 Å². The van der Waals surface area contributed by atoms with Crippen molar-refractivity contribution in [3.63, 3.8) is 0 Å². The molecule has 1 saturated carbocycles. The van der Waals surface area contributed by atoms with E-state index in [9.17, 15) is 14.7 Å². The number of benzene rings is 1. The first-order valence-electron chi connectivity index (χ1n) is 9.68. The molecular weight excluding hydrogens is 366 g/mol. The van der Waals surface area contributed by atoms with Gasteiger partial charge in [-0.1, -0.05) is 0 Å². The minimum atomic E-state index is -1.48. The van der Waals surface area contributed by atoms with Gasteiger partial charge in [-0.15, -0.1) is 0 Å². The minimum Gasteiger partial charge on any atom is -0.468 e. The second-order valence-corrected chi connectivity index (χ2v) is 8.40. The normalized spacial score (nSPS) is 39.4. The molecule has 4 heterocycles. The molecule has 0 aromatic heterocycles. The number of hydrogen-bond donors (Lipinski definition) is 1. The number of methoxy groups -OCH3 is 1. The Labute approximate surface area is 161 Å². The predicted molar refractivity (Wildman–Crippen MR) is 92.4 cm³/mol. The quantitative estimate of drug-likeness (QED) is 0.713. The van der Waals surface area contributed by atoms with Crippen LogP contribution >= 0.6 is 0 Å². The van der Waals surface area contributed by atoms with Gasteiger partial charge in [0.05, 0.1) is 12.6 Å². The van der Waals surface area contributed by atoms with Crippen LogP contribution in [-0.2, 0) is 31.0 Å². The van der Waals surface area contributed by atoms with Gasteiger partial charge in [0, 0.05) is 19.4 Å². The molecular formula is C20H21NO7. The predicted octanol–water partition coefficient (Wildman–Crippen LogP) is 0.830. The average Bonchev–Trinajstić information content (AvgIpc) is 3.26. The summed E-state index contributed by atoms with van der Waals surface area (Å²) in [6, 6.07) is 3.88. The highest BCUT2D eigenvalue weighted by molar-refractivity contribution is 5.97. The Hall–Kier alpha value is -2.32. The highest BCUT2D eigenvalue weighted by atomic mass is 16.7. The number of nitrogens with zero attached hydrogens (tertiary/aromatic N) is 1. The minimum absolute atomic E-state index is 0.0491. The number of esters is 1. The fourth-order valence-electron chi connectivity index (χ4n) is 6.32. The Morgan fingerprint density at radius 3 is 2.86 bits per heavy atom. The molecule has 2 bridgehead atoms. The summed E-state index contributed by atoms with van der Waals surface area (Å²) in [7, 11) is 1.32. The third kappa shape index (κ3) is 1.62. The molecule has 1 amide bonds. The zero-order chi connectivity index (χ0) is 19.3. The van der Waals surface area contributed by atoms with Gasteiger partial charge in [0.15, 0.2) is 23.4 Å². The van der Waals surface area contributed by atoms with Crippen molar-refractivity contribution in [1.29, 1.82) is 0 Å². The smallest absolute Gasteiger partial charge is 0.318 e. The number of carbonyl (C=O) groups excluding carboxylic acids is 2. The molecule has 1 spiro atoms. The lowest BCUT2D eigenvalue weighted by atomic mass is 9.57. The van der Waals surface area contributed by atoms with Crippen molar-refractivity contribution >= 4 is 11.9 Å². The summed E-state index contributed by atoms with van der Waals surface area (Å²) in [5, 5.41) is 10.9. The van der Waals surface area contributed by atoms with Crippen LogP contribution in [0.15, 0.2) is 12.1 Å². The van der Waals surface area contributed by atoms with Crippen molar-refractivity contribution in [3.05, 3.63) is 23.3 Å². The lowest BCUT2D eigenvalue weighted by Crippen LogP contribution is -2.60. The van der Waals surface area contributed by atoms with Crippen molar-refractivity contribution in [1.82, 2.24) is 4.90 Å². The number of rotatable bonds is 1. The van der Waals surface area contributed by atoms with E-state index < -0.39 is 28.8 Å². The third-order valence-electron chi connectivity index (χ3n) is 7.33. The number of fused-ring (bicyclic) bond motifs is 3. The van der Waals surface area contributed by atoms with Gasteiger partial charge < -0.3 is 29.0 Å². The first-order chi connectivity index (χ1) is 13.5. The molecule has 8 heteroatoms. The first kappa shape index (κ1) is 16.6. The van der Waals surface area contributed by atoms with Crippen LogP contribution in [-0.4, -0.2) is 54.2 Å². The van der Waals surface area contributed by atoms with E-state index in [4.69, 9.17) is 18.9 Å². The van der Waals surface area contributed by atoms with Crippen LogP contribution < -0.4 is 9.47 Å². The van der Waals surface area contributed by atoms with Gasteiger partial charge in [0.2, 0.25) is 6.79 Å². The molecule has 4 aliphatic heterocycles. The lowest BCUT2D eigenvalue weighted by molar-refractivity contribution is -0.214. The van der Waals surface area contributed by atoms with E-state index in [0.29, 0.717) is 30.9 Å². The molecule has 148 valence electrons. The first-order valence-corrected chi connectivity index (χ1v) is 9.68. The molecule has 8 nitrogen and oxygen atoms in total. The van der Waals surface area contributed by atoms with Gasteiger partial charge >= 0.3 is 5.97 Å². The van der Waals surface area contributed by atoms with E-state index in [-0.39, 0.29) is 19.1 Å². The molecule has 6 rings (SSSR count). The Balaban J connectivity index is 1.68. The Kier molecular flexibility index (Phi) is 2.96. The maximum absolute atomic E-state index is 13.4. The zero-order valence-corrected chi connectivity index (χ0v) is 15.5. The molecule has 4 atom stereocenters. The molecule has 1 aromatic rings. The van der Waals surface area contributed by atoms with E-state index in [1.54, 1.807) is 4.90 Å². The highest BCUT2D eigenvalue weighted by Crippen LogP contribution is 2.69. The summed E-state index contributed by atoms with van der Waals surface area (Å²) < 4.78 is 22.2. The number of aryl methyl sites for hydroxylation is 1. The van der Waals surface area contributed by atoms with E-state index in [0.717, 1.165) is 24.0 Å². The van der Waals surface area contributed by atoms with E-state index in [2.05, 4.69) is 0 Å². The van der Waals surface area contributed by atoms with Crippen molar-refractivity contribution in [2.24, 2.45) is 5.41 Å². The zero-order valence-electron chi connectivity index (χ0n) is 15.5. The van der Waals surface area contributed by atoms with Gasteiger partial charge in [-0.25, -0.2) is 0 Å². The Morgan fingerprint density at radius 1 is 1.29 bits per heavy atom. The largest absolute Gasteiger partial charge is 0.468 e. The highest BCUT2D eigenvalue weighted by Gasteiger charge is 2.82. The number of carbonyl (C=O) groups is 2. The van der Waals surface area contributed by atoms with E-state index in [1.165, 1.54) is 7.11 Å². The van der Waals surface area contributed by atoms with Crippen LogP contribution in [0.2, 0.25) is 0 Å². The SMILES string of the molecule is COC(=O)[C@@]12C[C@@]3(O)CC[C@@]14c1cc5c(cc1CCCN4C(=O)[C@@H]2O3)OCO5. The lowest BCUT2D eigenvalue weighted by Gasteiger charge is -2.51. The molecule has 1 N–H and O–H groups in total. The monoisotopic (exact) mass is 387 g/mol. The van der Waals surface area contributed by atoms with Crippen molar-refractivity contribution < 1.29 is 33.6 Å². The third-order valence-corrected chi connectivity index (χ3v) is 7.33. The number of amides is 1. The summed E-state index contributed by atoms with van der Waals surface area (Å²) in [4.78, 5) is 28.5.